The van der Waals surface area contributed by atoms with E-state index in [0.717, 1.165) is 15.9 Å². The standard InChI is InChI=1S/C13H15BrN2O3/c1-8-10(7-17)13(16(2)15-8)19-12-5-4-9(18-3)6-11(12)14/h4-6,17H,7H2,1-3H3. The number of halogens is 1. The minimum absolute atomic E-state index is 0.108. The summed E-state index contributed by atoms with van der Waals surface area (Å²) in [6.45, 7) is 1.73. The molecule has 0 bridgehead atoms. The topological polar surface area (TPSA) is 56.5 Å². The summed E-state index contributed by atoms with van der Waals surface area (Å²) in [6, 6.07) is 5.42. The highest BCUT2D eigenvalue weighted by atomic mass is 79.9. The Morgan fingerprint density at radius 2 is 2.16 bits per heavy atom. The SMILES string of the molecule is COc1ccc(Oc2c(CO)c(C)nn2C)c(Br)c1. The third kappa shape index (κ3) is 2.74. The molecule has 2 aromatic rings. The van der Waals surface area contributed by atoms with Gasteiger partial charge in [0.25, 0.3) is 0 Å². The number of methoxy groups -OCH3 is 1. The summed E-state index contributed by atoms with van der Waals surface area (Å²) in [5.41, 5.74) is 1.44. The average Bonchev–Trinajstić information content (AvgIpc) is 2.66. The van der Waals surface area contributed by atoms with Gasteiger partial charge in [0.2, 0.25) is 5.88 Å². The van der Waals surface area contributed by atoms with Crippen LogP contribution in [0.2, 0.25) is 0 Å². The van der Waals surface area contributed by atoms with Gasteiger partial charge in [-0.2, -0.15) is 5.10 Å². The summed E-state index contributed by atoms with van der Waals surface area (Å²) in [4.78, 5) is 0. The third-order valence-corrected chi connectivity index (χ3v) is 3.41. The Hall–Kier alpha value is -1.53. The molecule has 1 aromatic heterocycles. The molecule has 0 aliphatic rings. The lowest BCUT2D eigenvalue weighted by Gasteiger charge is -2.10. The van der Waals surface area contributed by atoms with Crippen LogP contribution in [0.1, 0.15) is 11.3 Å². The Bertz CT molecular complexity index is 596. The zero-order valence-corrected chi connectivity index (χ0v) is 12.6. The van der Waals surface area contributed by atoms with Gasteiger partial charge in [-0.3, -0.25) is 0 Å². The van der Waals surface area contributed by atoms with E-state index in [1.165, 1.54) is 0 Å². The van der Waals surface area contributed by atoms with Gasteiger partial charge in [0, 0.05) is 7.05 Å². The largest absolute Gasteiger partial charge is 0.497 e. The molecule has 0 spiro atoms. The first-order chi connectivity index (χ1) is 9.06. The van der Waals surface area contributed by atoms with Gasteiger partial charge in [0.15, 0.2) is 0 Å². The highest BCUT2D eigenvalue weighted by Gasteiger charge is 2.15. The Balaban J connectivity index is 2.36. The first-order valence-corrected chi connectivity index (χ1v) is 6.50. The summed E-state index contributed by atoms with van der Waals surface area (Å²) >= 11 is 3.43. The quantitative estimate of drug-likeness (QED) is 0.938. The molecule has 0 atom stereocenters. The number of aryl methyl sites for hydroxylation is 2. The number of aliphatic hydroxyl groups is 1. The van der Waals surface area contributed by atoms with E-state index in [-0.39, 0.29) is 6.61 Å². The second-order valence-electron chi connectivity index (χ2n) is 4.05. The van der Waals surface area contributed by atoms with E-state index < -0.39 is 0 Å². The predicted octanol–water partition coefficient (Wildman–Crippen LogP) is 2.78. The van der Waals surface area contributed by atoms with Crippen molar-refractivity contribution in [2.45, 2.75) is 13.5 Å². The summed E-state index contributed by atoms with van der Waals surface area (Å²) in [5, 5.41) is 13.6. The number of hydrogen-bond acceptors (Lipinski definition) is 4. The molecule has 5 nitrogen and oxygen atoms in total. The van der Waals surface area contributed by atoms with Crippen molar-refractivity contribution in [3.8, 4) is 17.4 Å². The average molecular weight is 327 g/mol. The van der Waals surface area contributed by atoms with Gasteiger partial charge < -0.3 is 14.6 Å². The Morgan fingerprint density at radius 3 is 2.74 bits per heavy atom. The molecule has 1 N–H and O–H groups in total. The van der Waals surface area contributed by atoms with E-state index in [1.807, 2.05) is 19.1 Å². The zero-order valence-electron chi connectivity index (χ0n) is 11.0. The van der Waals surface area contributed by atoms with Crippen molar-refractivity contribution in [2.24, 2.45) is 7.05 Å². The fourth-order valence-corrected chi connectivity index (χ4v) is 2.22. The van der Waals surface area contributed by atoms with Gasteiger partial charge in [-0.1, -0.05) is 0 Å². The number of rotatable bonds is 4. The molecule has 0 amide bonds. The molecule has 1 aromatic carbocycles. The predicted molar refractivity (Wildman–Crippen MR) is 74.6 cm³/mol. The zero-order chi connectivity index (χ0) is 14.0. The molecule has 1 heterocycles. The summed E-state index contributed by atoms with van der Waals surface area (Å²) in [6.07, 6.45) is 0. The number of aromatic nitrogens is 2. The lowest BCUT2D eigenvalue weighted by molar-refractivity contribution is 0.274. The van der Waals surface area contributed by atoms with Crippen LogP contribution in [-0.2, 0) is 13.7 Å². The van der Waals surface area contributed by atoms with Crippen LogP contribution in [0.3, 0.4) is 0 Å². The minimum atomic E-state index is -0.108. The maximum absolute atomic E-state index is 9.38. The molecule has 6 heteroatoms. The van der Waals surface area contributed by atoms with Crippen LogP contribution in [0.4, 0.5) is 0 Å². The first-order valence-electron chi connectivity index (χ1n) is 5.71. The van der Waals surface area contributed by atoms with Crippen molar-refractivity contribution < 1.29 is 14.6 Å². The van der Waals surface area contributed by atoms with Gasteiger partial charge in [0.1, 0.15) is 11.5 Å². The molecule has 0 aliphatic carbocycles. The molecule has 0 aliphatic heterocycles. The summed E-state index contributed by atoms with van der Waals surface area (Å²) < 4.78 is 13.3. The molecule has 0 radical (unpaired) electrons. The number of aliphatic hydroxyl groups excluding tert-OH is 1. The van der Waals surface area contributed by atoms with E-state index in [2.05, 4.69) is 21.0 Å². The van der Waals surface area contributed by atoms with Crippen LogP contribution >= 0.6 is 15.9 Å². The van der Waals surface area contributed by atoms with Gasteiger partial charge in [0.05, 0.1) is 29.4 Å². The molecular formula is C13H15BrN2O3. The highest BCUT2D eigenvalue weighted by molar-refractivity contribution is 9.10. The molecule has 0 saturated heterocycles. The number of hydrogen-bond donors (Lipinski definition) is 1. The van der Waals surface area contributed by atoms with Gasteiger partial charge in [-0.15, -0.1) is 0 Å². The van der Waals surface area contributed by atoms with Crippen molar-refractivity contribution in [1.82, 2.24) is 9.78 Å². The van der Waals surface area contributed by atoms with Crippen LogP contribution in [-0.4, -0.2) is 22.0 Å². The van der Waals surface area contributed by atoms with Gasteiger partial charge >= 0.3 is 0 Å². The molecule has 19 heavy (non-hydrogen) atoms. The Kier molecular flexibility index (Phi) is 4.11. The Morgan fingerprint density at radius 1 is 1.42 bits per heavy atom. The van der Waals surface area contributed by atoms with Crippen LogP contribution in [0.15, 0.2) is 22.7 Å². The Labute approximate surface area is 119 Å². The van der Waals surface area contributed by atoms with E-state index in [4.69, 9.17) is 9.47 Å². The summed E-state index contributed by atoms with van der Waals surface area (Å²) in [5.74, 6) is 1.91. The van der Waals surface area contributed by atoms with Crippen molar-refractivity contribution in [3.05, 3.63) is 33.9 Å². The lowest BCUT2D eigenvalue weighted by Crippen LogP contribution is -1.97. The van der Waals surface area contributed by atoms with Crippen molar-refractivity contribution in [1.29, 1.82) is 0 Å². The lowest BCUT2D eigenvalue weighted by atomic mass is 10.2. The fourth-order valence-electron chi connectivity index (χ4n) is 1.79. The van der Waals surface area contributed by atoms with E-state index >= 15 is 0 Å². The third-order valence-electron chi connectivity index (χ3n) is 2.79. The van der Waals surface area contributed by atoms with Crippen LogP contribution in [0.25, 0.3) is 0 Å². The molecule has 102 valence electrons. The normalized spacial score (nSPS) is 10.6. The summed E-state index contributed by atoms with van der Waals surface area (Å²) in [7, 11) is 3.38. The van der Waals surface area contributed by atoms with E-state index in [9.17, 15) is 5.11 Å². The number of nitrogens with zero attached hydrogens (tertiary/aromatic N) is 2. The fraction of sp³-hybridized carbons (Fsp3) is 0.308. The highest BCUT2D eigenvalue weighted by Crippen LogP contribution is 2.34. The molecule has 0 fully saturated rings. The minimum Gasteiger partial charge on any atom is -0.497 e. The second-order valence-corrected chi connectivity index (χ2v) is 4.90. The maximum atomic E-state index is 9.38. The van der Waals surface area contributed by atoms with Crippen LogP contribution in [0.5, 0.6) is 17.4 Å². The van der Waals surface area contributed by atoms with Crippen LogP contribution in [0, 0.1) is 6.92 Å². The molecule has 0 saturated carbocycles. The number of ether oxygens (including phenoxy) is 2. The number of benzene rings is 1. The van der Waals surface area contributed by atoms with Crippen molar-refractivity contribution in [3.63, 3.8) is 0 Å². The van der Waals surface area contributed by atoms with Crippen molar-refractivity contribution in [2.75, 3.05) is 7.11 Å². The van der Waals surface area contributed by atoms with E-state index in [0.29, 0.717) is 17.2 Å². The molecular weight excluding hydrogens is 312 g/mol. The van der Waals surface area contributed by atoms with E-state index in [1.54, 1.807) is 24.9 Å². The van der Waals surface area contributed by atoms with Crippen LogP contribution < -0.4 is 9.47 Å². The monoisotopic (exact) mass is 326 g/mol. The van der Waals surface area contributed by atoms with Gasteiger partial charge in [-0.05, 0) is 41.1 Å². The maximum Gasteiger partial charge on any atom is 0.223 e. The smallest absolute Gasteiger partial charge is 0.223 e. The van der Waals surface area contributed by atoms with Gasteiger partial charge in [-0.25, -0.2) is 4.68 Å². The second kappa shape index (κ2) is 5.63. The molecule has 2 rings (SSSR count). The van der Waals surface area contributed by atoms with Crippen molar-refractivity contribution >= 4 is 15.9 Å². The molecule has 0 unspecified atom stereocenters. The first kappa shape index (κ1) is 13.9.